The first-order chi connectivity index (χ1) is 13.4. The fourth-order valence-electron chi connectivity index (χ4n) is 4.51. The van der Waals surface area contributed by atoms with Gasteiger partial charge in [-0.1, -0.05) is 23.4 Å². The Hall–Kier alpha value is -2.70. The molecule has 0 saturated carbocycles. The van der Waals surface area contributed by atoms with Gasteiger partial charge in [0.15, 0.2) is 0 Å². The smallest absolute Gasteiger partial charge is 0.259 e. The van der Waals surface area contributed by atoms with Crippen molar-refractivity contribution in [3.05, 3.63) is 52.7 Å². The van der Waals surface area contributed by atoms with Gasteiger partial charge in [-0.05, 0) is 39.2 Å². The molecule has 28 heavy (non-hydrogen) atoms. The lowest BCUT2D eigenvalue weighted by Gasteiger charge is -2.39. The highest BCUT2D eigenvalue weighted by Crippen LogP contribution is 2.41. The van der Waals surface area contributed by atoms with Crippen molar-refractivity contribution >= 4 is 11.8 Å². The lowest BCUT2D eigenvalue weighted by molar-refractivity contribution is -0.146. The standard InChI is InChI=1S/C21H24FN3O3/c1-14-18(15(2)28-23-14)19(26)25-11-9-21(13-25)8-5-10-24(20(21)27)12-16-6-3-4-7-17(16)22/h3-4,6-7H,5,8-13H2,1-2H3/t21-/m1/s1. The Bertz CT molecular complexity index is 906. The maximum atomic E-state index is 14.0. The number of aryl methyl sites for hydroxylation is 2. The second-order valence-corrected chi connectivity index (χ2v) is 7.88. The van der Waals surface area contributed by atoms with Crippen molar-refractivity contribution in [3.63, 3.8) is 0 Å². The molecule has 2 aromatic rings. The van der Waals surface area contributed by atoms with Gasteiger partial charge < -0.3 is 14.3 Å². The molecule has 1 aromatic carbocycles. The third kappa shape index (κ3) is 3.08. The summed E-state index contributed by atoms with van der Waals surface area (Å²) in [5, 5.41) is 3.86. The van der Waals surface area contributed by atoms with Gasteiger partial charge in [-0.25, -0.2) is 4.39 Å². The van der Waals surface area contributed by atoms with Gasteiger partial charge >= 0.3 is 0 Å². The molecule has 148 valence electrons. The van der Waals surface area contributed by atoms with E-state index < -0.39 is 5.41 Å². The molecule has 1 aromatic heterocycles. The Morgan fingerprint density at radius 1 is 1.25 bits per heavy atom. The zero-order valence-electron chi connectivity index (χ0n) is 16.2. The second kappa shape index (κ2) is 7.04. The molecule has 3 heterocycles. The molecule has 1 spiro atoms. The third-order valence-electron chi connectivity index (χ3n) is 6.03. The molecule has 0 radical (unpaired) electrons. The van der Waals surface area contributed by atoms with E-state index in [-0.39, 0.29) is 24.2 Å². The molecule has 0 bridgehead atoms. The topological polar surface area (TPSA) is 66.7 Å². The molecule has 6 nitrogen and oxygen atoms in total. The van der Waals surface area contributed by atoms with Crippen LogP contribution in [0.2, 0.25) is 0 Å². The molecule has 2 aliphatic rings. The largest absolute Gasteiger partial charge is 0.361 e. The maximum absolute atomic E-state index is 14.0. The van der Waals surface area contributed by atoms with Crippen molar-refractivity contribution < 1.29 is 18.5 Å². The summed E-state index contributed by atoms with van der Waals surface area (Å²) in [4.78, 5) is 29.7. The minimum absolute atomic E-state index is 0.0241. The fraction of sp³-hybridized carbons (Fsp3) is 0.476. The third-order valence-corrected chi connectivity index (χ3v) is 6.03. The lowest BCUT2D eigenvalue weighted by atomic mass is 9.78. The molecule has 2 amide bonds. The Morgan fingerprint density at radius 3 is 2.75 bits per heavy atom. The summed E-state index contributed by atoms with van der Waals surface area (Å²) in [6.07, 6.45) is 2.24. The van der Waals surface area contributed by atoms with E-state index in [4.69, 9.17) is 4.52 Å². The zero-order valence-corrected chi connectivity index (χ0v) is 16.2. The van der Waals surface area contributed by atoms with E-state index >= 15 is 0 Å². The van der Waals surface area contributed by atoms with Crippen LogP contribution in [-0.2, 0) is 11.3 Å². The minimum atomic E-state index is -0.571. The van der Waals surface area contributed by atoms with Gasteiger partial charge in [0.05, 0.1) is 11.1 Å². The van der Waals surface area contributed by atoms with Gasteiger partial charge in [0.1, 0.15) is 17.1 Å². The summed E-state index contributed by atoms with van der Waals surface area (Å²) in [6.45, 7) is 5.28. The maximum Gasteiger partial charge on any atom is 0.259 e. The van der Waals surface area contributed by atoms with Crippen molar-refractivity contribution in [2.45, 2.75) is 39.7 Å². The summed E-state index contributed by atoms with van der Waals surface area (Å²) < 4.78 is 19.2. The summed E-state index contributed by atoms with van der Waals surface area (Å²) in [5.74, 6) is 0.0966. The first-order valence-corrected chi connectivity index (χ1v) is 9.66. The highest BCUT2D eigenvalue weighted by Gasteiger charge is 2.49. The molecule has 2 saturated heterocycles. The van der Waals surface area contributed by atoms with Crippen molar-refractivity contribution in [1.82, 2.24) is 15.0 Å². The summed E-state index contributed by atoms with van der Waals surface area (Å²) in [7, 11) is 0. The van der Waals surface area contributed by atoms with Crippen LogP contribution < -0.4 is 0 Å². The van der Waals surface area contributed by atoms with Gasteiger partial charge in [0, 0.05) is 31.7 Å². The fourth-order valence-corrected chi connectivity index (χ4v) is 4.51. The quantitative estimate of drug-likeness (QED) is 0.814. The average molecular weight is 385 g/mol. The van der Waals surface area contributed by atoms with Crippen LogP contribution >= 0.6 is 0 Å². The SMILES string of the molecule is Cc1noc(C)c1C(=O)N1CC[C@]2(CCCN(Cc3ccccc3F)C2=O)C1. The van der Waals surface area contributed by atoms with E-state index in [0.717, 1.165) is 12.8 Å². The van der Waals surface area contributed by atoms with E-state index in [9.17, 15) is 14.0 Å². The number of likely N-dealkylation sites (tertiary alicyclic amines) is 2. The molecule has 1 atom stereocenters. The number of halogens is 1. The first-order valence-electron chi connectivity index (χ1n) is 9.66. The number of hydrogen-bond donors (Lipinski definition) is 0. The summed E-state index contributed by atoms with van der Waals surface area (Å²) >= 11 is 0. The molecule has 0 N–H and O–H groups in total. The number of benzene rings is 1. The minimum Gasteiger partial charge on any atom is -0.361 e. The van der Waals surface area contributed by atoms with Gasteiger partial charge in [-0.2, -0.15) is 0 Å². The number of aromatic nitrogens is 1. The Morgan fingerprint density at radius 2 is 2.04 bits per heavy atom. The number of hydrogen-bond acceptors (Lipinski definition) is 4. The molecular weight excluding hydrogens is 361 g/mol. The lowest BCUT2D eigenvalue weighted by Crippen LogP contribution is -2.50. The number of nitrogens with zero attached hydrogens (tertiary/aromatic N) is 3. The van der Waals surface area contributed by atoms with Crippen molar-refractivity contribution in [2.24, 2.45) is 5.41 Å². The Labute approximate surface area is 163 Å². The second-order valence-electron chi connectivity index (χ2n) is 7.88. The van der Waals surface area contributed by atoms with Crippen LogP contribution in [0, 0.1) is 25.1 Å². The average Bonchev–Trinajstić information content (AvgIpc) is 3.25. The van der Waals surface area contributed by atoms with Gasteiger partial charge in [-0.3, -0.25) is 9.59 Å². The van der Waals surface area contributed by atoms with E-state index in [1.807, 2.05) is 0 Å². The number of rotatable bonds is 3. The van der Waals surface area contributed by atoms with E-state index in [1.165, 1.54) is 6.07 Å². The van der Waals surface area contributed by atoms with Crippen LogP contribution in [0.4, 0.5) is 4.39 Å². The molecular formula is C21H24FN3O3. The van der Waals surface area contributed by atoms with E-state index in [0.29, 0.717) is 48.6 Å². The van der Waals surface area contributed by atoms with E-state index in [1.54, 1.807) is 41.8 Å². The van der Waals surface area contributed by atoms with E-state index in [2.05, 4.69) is 5.16 Å². The number of piperidine rings is 1. The van der Waals surface area contributed by atoms with Crippen molar-refractivity contribution in [3.8, 4) is 0 Å². The van der Waals surface area contributed by atoms with Crippen LogP contribution in [0.5, 0.6) is 0 Å². The Kier molecular flexibility index (Phi) is 4.69. The molecule has 2 aliphatic heterocycles. The highest BCUT2D eigenvalue weighted by molar-refractivity contribution is 5.97. The molecule has 4 rings (SSSR count). The molecule has 0 aliphatic carbocycles. The molecule has 7 heteroatoms. The van der Waals surface area contributed by atoms with Gasteiger partial charge in [0.2, 0.25) is 5.91 Å². The first kappa shape index (κ1) is 18.7. The molecule has 2 fully saturated rings. The van der Waals surface area contributed by atoms with Gasteiger partial charge in [0.25, 0.3) is 5.91 Å². The highest BCUT2D eigenvalue weighted by atomic mass is 19.1. The van der Waals surface area contributed by atoms with Crippen LogP contribution in [0.3, 0.4) is 0 Å². The van der Waals surface area contributed by atoms with Gasteiger partial charge in [-0.15, -0.1) is 0 Å². The van der Waals surface area contributed by atoms with Crippen LogP contribution in [-0.4, -0.2) is 46.4 Å². The summed E-state index contributed by atoms with van der Waals surface area (Å²) in [6, 6.07) is 6.56. The molecule has 0 unspecified atom stereocenters. The van der Waals surface area contributed by atoms with Crippen molar-refractivity contribution in [1.29, 1.82) is 0 Å². The van der Waals surface area contributed by atoms with Crippen molar-refractivity contribution in [2.75, 3.05) is 19.6 Å². The number of carbonyl (C=O) groups excluding carboxylic acids is 2. The van der Waals surface area contributed by atoms with Crippen LogP contribution in [0.15, 0.2) is 28.8 Å². The van der Waals surface area contributed by atoms with Crippen LogP contribution in [0.25, 0.3) is 0 Å². The monoisotopic (exact) mass is 385 g/mol. The Balaban J connectivity index is 1.51. The predicted molar refractivity (Wildman–Crippen MR) is 100.0 cm³/mol. The predicted octanol–water partition coefficient (Wildman–Crippen LogP) is 3.09. The zero-order chi connectivity index (χ0) is 19.9. The summed E-state index contributed by atoms with van der Waals surface area (Å²) in [5.41, 5.74) is 1.01. The van der Waals surface area contributed by atoms with Crippen LogP contribution in [0.1, 0.15) is 46.6 Å². The normalized spacial score (nSPS) is 22.3. The number of carbonyl (C=O) groups is 2. The number of amides is 2.